The molecule has 19 heavy (non-hydrogen) atoms. The van der Waals surface area contributed by atoms with Crippen LogP contribution in [0.15, 0.2) is 36.5 Å². The van der Waals surface area contributed by atoms with Crippen LogP contribution in [0.2, 0.25) is 0 Å². The van der Waals surface area contributed by atoms with Gasteiger partial charge in [-0.2, -0.15) is 0 Å². The summed E-state index contributed by atoms with van der Waals surface area (Å²) in [5, 5.41) is 2.46. The molecule has 0 aliphatic rings. The third-order valence-corrected chi connectivity index (χ3v) is 2.47. The maximum Gasteiger partial charge on any atom is 0.255 e. The largest absolute Gasteiger partial charge is 0.325 e. The van der Waals surface area contributed by atoms with Gasteiger partial charge in [-0.1, -0.05) is 0 Å². The summed E-state index contributed by atoms with van der Waals surface area (Å²) in [5.74, 6) is -2.43. The molecule has 1 heterocycles. The predicted octanol–water partition coefficient (Wildman–Crippen LogP) is 2.07. The van der Waals surface area contributed by atoms with Crippen molar-refractivity contribution < 1.29 is 13.6 Å². The zero-order valence-electron chi connectivity index (χ0n) is 9.86. The first-order valence-corrected chi connectivity index (χ1v) is 5.51. The molecule has 3 N–H and O–H groups in total. The number of pyridine rings is 1. The van der Waals surface area contributed by atoms with Crippen molar-refractivity contribution in [3.63, 3.8) is 0 Å². The number of hydrogen-bond donors (Lipinski definition) is 2. The predicted molar refractivity (Wildman–Crippen MR) is 66.4 cm³/mol. The zero-order valence-corrected chi connectivity index (χ0v) is 9.86. The number of anilines is 1. The van der Waals surface area contributed by atoms with Gasteiger partial charge in [-0.05, 0) is 24.3 Å². The summed E-state index contributed by atoms with van der Waals surface area (Å²) < 4.78 is 25.7. The van der Waals surface area contributed by atoms with Gasteiger partial charge in [0.05, 0.1) is 5.69 Å². The molecule has 0 saturated heterocycles. The molecular formula is C13H11F2N3O. The molecule has 4 nitrogen and oxygen atoms in total. The highest BCUT2D eigenvalue weighted by Gasteiger charge is 2.09. The van der Waals surface area contributed by atoms with Crippen LogP contribution in [0.3, 0.4) is 0 Å². The second-order valence-electron chi connectivity index (χ2n) is 3.82. The number of nitrogens with two attached hydrogens (primary N) is 1. The molecule has 0 radical (unpaired) electrons. The molecule has 98 valence electrons. The third kappa shape index (κ3) is 3.11. The fourth-order valence-corrected chi connectivity index (χ4v) is 1.51. The van der Waals surface area contributed by atoms with Crippen LogP contribution in [0.4, 0.5) is 14.5 Å². The standard InChI is InChI=1S/C13H11F2N3O/c14-11-2-1-9(6-12(11)15)18-13(19)8-3-4-17-10(5-8)7-16/h1-6H,7,16H2,(H,18,19). The maximum absolute atomic E-state index is 13.0. The number of carbonyl (C=O) groups excluding carboxylic acids is 1. The smallest absolute Gasteiger partial charge is 0.255 e. The van der Waals surface area contributed by atoms with Crippen molar-refractivity contribution in [1.29, 1.82) is 0 Å². The highest BCUT2D eigenvalue weighted by atomic mass is 19.2. The molecule has 0 aliphatic heterocycles. The van der Waals surface area contributed by atoms with Crippen LogP contribution >= 0.6 is 0 Å². The van der Waals surface area contributed by atoms with E-state index in [0.717, 1.165) is 12.1 Å². The molecule has 0 bridgehead atoms. The number of carbonyl (C=O) groups is 1. The van der Waals surface area contributed by atoms with Gasteiger partial charge in [-0.15, -0.1) is 0 Å². The van der Waals surface area contributed by atoms with E-state index in [9.17, 15) is 13.6 Å². The van der Waals surface area contributed by atoms with Crippen LogP contribution in [-0.2, 0) is 6.54 Å². The zero-order chi connectivity index (χ0) is 13.8. The number of aromatic nitrogens is 1. The second-order valence-corrected chi connectivity index (χ2v) is 3.82. The van der Waals surface area contributed by atoms with E-state index in [1.807, 2.05) is 0 Å². The maximum atomic E-state index is 13.0. The fourth-order valence-electron chi connectivity index (χ4n) is 1.51. The van der Waals surface area contributed by atoms with Gasteiger partial charge >= 0.3 is 0 Å². The van der Waals surface area contributed by atoms with Gasteiger partial charge in [-0.25, -0.2) is 8.78 Å². The first kappa shape index (κ1) is 13.1. The van der Waals surface area contributed by atoms with Gasteiger partial charge in [0.2, 0.25) is 0 Å². The summed E-state index contributed by atoms with van der Waals surface area (Å²) in [6.07, 6.45) is 1.46. The highest BCUT2D eigenvalue weighted by molar-refractivity contribution is 6.04. The van der Waals surface area contributed by atoms with E-state index < -0.39 is 17.5 Å². The Labute approximate surface area is 108 Å². The number of nitrogens with one attached hydrogen (secondary N) is 1. The summed E-state index contributed by atoms with van der Waals surface area (Å²) >= 11 is 0. The van der Waals surface area contributed by atoms with Crippen LogP contribution in [0.1, 0.15) is 16.1 Å². The molecule has 1 aromatic heterocycles. The molecule has 1 aromatic carbocycles. The first-order valence-electron chi connectivity index (χ1n) is 5.51. The lowest BCUT2D eigenvalue weighted by atomic mass is 10.2. The van der Waals surface area contributed by atoms with Crippen molar-refractivity contribution >= 4 is 11.6 Å². The van der Waals surface area contributed by atoms with E-state index in [0.29, 0.717) is 11.3 Å². The van der Waals surface area contributed by atoms with Crippen molar-refractivity contribution in [3.8, 4) is 0 Å². The van der Waals surface area contributed by atoms with Gasteiger partial charge in [0, 0.05) is 30.1 Å². The monoisotopic (exact) mass is 263 g/mol. The van der Waals surface area contributed by atoms with Gasteiger partial charge in [-0.3, -0.25) is 9.78 Å². The minimum Gasteiger partial charge on any atom is -0.325 e. The minimum absolute atomic E-state index is 0.176. The van der Waals surface area contributed by atoms with Crippen molar-refractivity contribution in [2.75, 3.05) is 5.32 Å². The molecule has 1 amide bonds. The summed E-state index contributed by atoms with van der Waals surface area (Å²) in [6.45, 7) is 0.215. The molecule has 0 fully saturated rings. The van der Waals surface area contributed by atoms with E-state index >= 15 is 0 Å². The summed E-state index contributed by atoms with van der Waals surface area (Å²) in [7, 11) is 0. The van der Waals surface area contributed by atoms with E-state index in [1.165, 1.54) is 24.4 Å². The number of hydrogen-bond acceptors (Lipinski definition) is 3. The molecule has 0 aliphatic carbocycles. The SMILES string of the molecule is NCc1cc(C(=O)Nc2ccc(F)c(F)c2)ccn1. The van der Waals surface area contributed by atoms with Crippen molar-refractivity contribution in [3.05, 3.63) is 59.4 Å². The number of nitrogens with zero attached hydrogens (tertiary/aromatic N) is 1. The third-order valence-electron chi connectivity index (χ3n) is 2.47. The normalized spacial score (nSPS) is 10.3. The Balaban J connectivity index is 2.18. The van der Waals surface area contributed by atoms with Crippen LogP contribution < -0.4 is 11.1 Å². The Bertz CT molecular complexity index is 617. The second kappa shape index (κ2) is 5.53. The van der Waals surface area contributed by atoms with E-state index in [-0.39, 0.29) is 12.2 Å². The summed E-state index contributed by atoms with van der Waals surface area (Å²) in [5.41, 5.74) is 6.51. The van der Waals surface area contributed by atoms with Crippen molar-refractivity contribution in [1.82, 2.24) is 4.98 Å². The van der Waals surface area contributed by atoms with Crippen LogP contribution in [-0.4, -0.2) is 10.9 Å². The van der Waals surface area contributed by atoms with Gasteiger partial charge in [0.15, 0.2) is 11.6 Å². The Kier molecular flexibility index (Phi) is 3.82. The average Bonchev–Trinajstić information content (AvgIpc) is 2.43. The Morgan fingerprint density at radius 2 is 2.00 bits per heavy atom. The molecule has 0 unspecified atom stereocenters. The number of benzene rings is 1. The number of rotatable bonds is 3. The van der Waals surface area contributed by atoms with Crippen LogP contribution in [0, 0.1) is 11.6 Å². The minimum atomic E-state index is -1.02. The number of halogens is 2. The molecule has 0 spiro atoms. The average molecular weight is 263 g/mol. The lowest BCUT2D eigenvalue weighted by Gasteiger charge is -2.06. The lowest BCUT2D eigenvalue weighted by molar-refractivity contribution is 0.102. The Morgan fingerprint density at radius 3 is 2.68 bits per heavy atom. The van der Waals surface area contributed by atoms with Crippen molar-refractivity contribution in [2.45, 2.75) is 6.54 Å². The van der Waals surface area contributed by atoms with E-state index in [1.54, 1.807) is 0 Å². The number of amides is 1. The molecule has 0 saturated carbocycles. The van der Waals surface area contributed by atoms with E-state index in [4.69, 9.17) is 5.73 Å². The molecular weight excluding hydrogens is 252 g/mol. The molecule has 2 rings (SSSR count). The summed E-state index contributed by atoms with van der Waals surface area (Å²) in [6, 6.07) is 6.19. The fraction of sp³-hybridized carbons (Fsp3) is 0.0769. The van der Waals surface area contributed by atoms with Crippen molar-refractivity contribution in [2.24, 2.45) is 5.73 Å². The van der Waals surface area contributed by atoms with Crippen LogP contribution in [0.25, 0.3) is 0 Å². The quantitative estimate of drug-likeness (QED) is 0.890. The molecule has 6 heteroatoms. The first-order chi connectivity index (χ1) is 9.10. The highest BCUT2D eigenvalue weighted by Crippen LogP contribution is 2.14. The van der Waals surface area contributed by atoms with Gasteiger partial charge < -0.3 is 11.1 Å². The topological polar surface area (TPSA) is 68.0 Å². The van der Waals surface area contributed by atoms with Crippen LogP contribution in [0.5, 0.6) is 0 Å². The van der Waals surface area contributed by atoms with Gasteiger partial charge in [0.25, 0.3) is 5.91 Å². The molecule has 0 atom stereocenters. The molecule has 2 aromatic rings. The van der Waals surface area contributed by atoms with E-state index in [2.05, 4.69) is 10.3 Å². The summed E-state index contributed by atoms with van der Waals surface area (Å²) in [4.78, 5) is 15.8. The Morgan fingerprint density at radius 1 is 1.21 bits per heavy atom. The lowest BCUT2D eigenvalue weighted by Crippen LogP contribution is -2.13. The Hall–Kier alpha value is -2.34. The van der Waals surface area contributed by atoms with Gasteiger partial charge in [0.1, 0.15) is 0 Å².